The summed E-state index contributed by atoms with van der Waals surface area (Å²) in [5.41, 5.74) is 3.75. The predicted octanol–water partition coefficient (Wildman–Crippen LogP) is 3.80. The van der Waals surface area contributed by atoms with E-state index in [1.54, 1.807) is 6.20 Å². The molecule has 1 saturated heterocycles. The van der Waals surface area contributed by atoms with Gasteiger partial charge in [0.15, 0.2) is 0 Å². The molecule has 1 aliphatic carbocycles. The van der Waals surface area contributed by atoms with Gasteiger partial charge in [-0.3, -0.25) is 9.59 Å². The first-order valence-electron chi connectivity index (χ1n) is 11.0. The molecule has 2 fully saturated rings. The Balaban J connectivity index is 1.41. The number of amides is 2. The molecule has 0 radical (unpaired) electrons. The van der Waals surface area contributed by atoms with E-state index in [0.717, 1.165) is 40.3 Å². The van der Waals surface area contributed by atoms with Crippen LogP contribution in [0.4, 0.5) is 11.5 Å². The molecule has 0 spiro atoms. The van der Waals surface area contributed by atoms with Crippen molar-refractivity contribution in [2.75, 3.05) is 23.5 Å². The number of aromatic nitrogens is 1. The molecule has 1 atom stereocenters. The van der Waals surface area contributed by atoms with Gasteiger partial charge < -0.3 is 10.1 Å². The van der Waals surface area contributed by atoms with E-state index in [1.807, 2.05) is 43.3 Å². The fourth-order valence-electron chi connectivity index (χ4n) is 4.08. The van der Waals surface area contributed by atoms with E-state index in [4.69, 9.17) is 10.6 Å². The van der Waals surface area contributed by atoms with Gasteiger partial charge in [0.1, 0.15) is 5.82 Å². The molecule has 7 nitrogen and oxygen atoms in total. The number of fused-ring (bicyclic) bond motifs is 1. The third-order valence-corrected chi connectivity index (χ3v) is 6.25. The minimum atomic E-state index is -0.189. The molecular formula is C25H26N4O3. The maximum Gasteiger partial charge on any atom is 0.246 e. The summed E-state index contributed by atoms with van der Waals surface area (Å²) >= 11 is 0. The van der Waals surface area contributed by atoms with Crippen molar-refractivity contribution < 1.29 is 14.3 Å². The average Bonchev–Trinajstić information content (AvgIpc) is 3.52. The van der Waals surface area contributed by atoms with E-state index in [2.05, 4.69) is 16.4 Å². The van der Waals surface area contributed by atoms with Crippen molar-refractivity contribution in [2.24, 2.45) is 17.7 Å². The number of ether oxygens (including phenoxy) is 1. The maximum absolute atomic E-state index is 12.7. The number of carbonyl (C=O) groups is 2. The Hall–Kier alpha value is -3.29. The van der Waals surface area contributed by atoms with Crippen LogP contribution in [0.15, 0.2) is 48.7 Å². The summed E-state index contributed by atoms with van der Waals surface area (Å²) in [6, 6.07) is 13.8. The standard InChI is InChI=1S/C25H26N4O3/c1-15-2-7-21(29(26)25(31)19-8-9-32-14-19)12-22(15)18-6-5-17-11-23(27-13-20(17)10-18)28-24(30)16-3-4-16/h2,5-7,10-13,16,19H,3-4,8-9,14,26H2,1H3,(H,27,28,30)/t19-/m1/s1. The van der Waals surface area contributed by atoms with Crippen LogP contribution in [0.5, 0.6) is 0 Å². The number of nitrogens with one attached hydrogen (secondary N) is 1. The van der Waals surface area contributed by atoms with E-state index in [9.17, 15) is 9.59 Å². The predicted molar refractivity (Wildman–Crippen MR) is 124 cm³/mol. The second-order valence-electron chi connectivity index (χ2n) is 8.66. The third-order valence-electron chi connectivity index (χ3n) is 6.25. The van der Waals surface area contributed by atoms with Gasteiger partial charge in [-0.1, -0.05) is 18.2 Å². The van der Waals surface area contributed by atoms with Crippen LogP contribution in [0, 0.1) is 18.8 Å². The monoisotopic (exact) mass is 430 g/mol. The molecule has 2 heterocycles. The molecule has 0 bridgehead atoms. The number of pyridine rings is 1. The fraction of sp³-hybridized carbons (Fsp3) is 0.320. The zero-order chi connectivity index (χ0) is 22.2. The number of rotatable bonds is 5. The van der Waals surface area contributed by atoms with Gasteiger partial charge in [-0.15, -0.1) is 0 Å². The van der Waals surface area contributed by atoms with E-state index in [0.29, 0.717) is 31.1 Å². The largest absolute Gasteiger partial charge is 0.381 e. The highest BCUT2D eigenvalue weighted by atomic mass is 16.5. The fourth-order valence-corrected chi connectivity index (χ4v) is 4.08. The summed E-state index contributed by atoms with van der Waals surface area (Å²) < 4.78 is 5.33. The first-order valence-corrected chi connectivity index (χ1v) is 11.0. The smallest absolute Gasteiger partial charge is 0.246 e. The number of anilines is 2. The third kappa shape index (κ3) is 4.09. The molecule has 3 N–H and O–H groups in total. The second kappa shape index (κ2) is 8.33. The van der Waals surface area contributed by atoms with Crippen LogP contribution in [0.25, 0.3) is 21.9 Å². The van der Waals surface area contributed by atoms with Gasteiger partial charge in [0.2, 0.25) is 11.8 Å². The van der Waals surface area contributed by atoms with Crippen LogP contribution >= 0.6 is 0 Å². The van der Waals surface area contributed by atoms with Gasteiger partial charge in [-0.05, 0) is 72.5 Å². The van der Waals surface area contributed by atoms with Crippen LogP contribution in [-0.4, -0.2) is 30.0 Å². The highest BCUT2D eigenvalue weighted by Gasteiger charge is 2.30. The zero-order valence-electron chi connectivity index (χ0n) is 18.0. The number of hydrazine groups is 1. The molecule has 1 aromatic heterocycles. The zero-order valence-corrected chi connectivity index (χ0v) is 18.0. The Labute approximate surface area is 186 Å². The number of hydrogen-bond donors (Lipinski definition) is 2. The summed E-state index contributed by atoms with van der Waals surface area (Å²) in [7, 11) is 0. The molecule has 0 unspecified atom stereocenters. The molecule has 7 heteroatoms. The summed E-state index contributed by atoms with van der Waals surface area (Å²) in [6.07, 6.45) is 4.40. The number of nitrogens with two attached hydrogens (primary N) is 1. The minimum absolute atomic E-state index is 0.0472. The number of nitrogens with zero attached hydrogens (tertiary/aromatic N) is 2. The van der Waals surface area contributed by atoms with Gasteiger partial charge in [-0.2, -0.15) is 0 Å². The number of benzene rings is 2. The van der Waals surface area contributed by atoms with Crippen LogP contribution in [0.2, 0.25) is 0 Å². The molecule has 3 aromatic rings. The number of hydrogen-bond acceptors (Lipinski definition) is 5. The van der Waals surface area contributed by atoms with Gasteiger partial charge in [-0.25, -0.2) is 15.8 Å². The lowest BCUT2D eigenvalue weighted by Crippen LogP contribution is -2.42. The molecule has 5 rings (SSSR count). The quantitative estimate of drug-likeness (QED) is 0.365. The SMILES string of the molecule is Cc1ccc(N(N)C(=O)[C@@H]2CCOC2)cc1-c1ccc2cc(NC(=O)C3CC3)ncc2c1. The lowest BCUT2D eigenvalue weighted by atomic mass is 9.97. The van der Waals surface area contributed by atoms with Crippen molar-refractivity contribution in [3.05, 3.63) is 54.2 Å². The number of aryl methyl sites for hydroxylation is 1. The number of carbonyl (C=O) groups excluding carboxylic acids is 2. The Morgan fingerprint density at radius 1 is 1.06 bits per heavy atom. The Morgan fingerprint density at radius 2 is 1.91 bits per heavy atom. The molecule has 2 aliphatic rings. The van der Waals surface area contributed by atoms with E-state index >= 15 is 0 Å². The van der Waals surface area contributed by atoms with E-state index < -0.39 is 0 Å². The van der Waals surface area contributed by atoms with Crippen molar-refractivity contribution in [3.8, 4) is 11.1 Å². The second-order valence-corrected chi connectivity index (χ2v) is 8.66. The minimum Gasteiger partial charge on any atom is -0.381 e. The van der Waals surface area contributed by atoms with Gasteiger partial charge in [0.25, 0.3) is 0 Å². The van der Waals surface area contributed by atoms with E-state index in [-0.39, 0.29) is 23.7 Å². The van der Waals surface area contributed by atoms with Crippen molar-refractivity contribution >= 4 is 34.1 Å². The first-order chi connectivity index (χ1) is 15.5. The molecule has 164 valence electrons. The van der Waals surface area contributed by atoms with Crippen molar-refractivity contribution in [1.29, 1.82) is 0 Å². The van der Waals surface area contributed by atoms with Gasteiger partial charge in [0, 0.05) is 24.1 Å². The maximum atomic E-state index is 12.7. The Kier molecular flexibility index (Phi) is 5.36. The summed E-state index contributed by atoms with van der Waals surface area (Å²) in [6.45, 7) is 3.05. The van der Waals surface area contributed by atoms with Crippen LogP contribution in [-0.2, 0) is 14.3 Å². The average molecular weight is 431 g/mol. The topological polar surface area (TPSA) is 97.5 Å². The Morgan fingerprint density at radius 3 is 2.66 bits per heavy atom. The van der Waals surface area contributed by atoms with Crippen molar-refractivity contribution in [2.45, 2.75) is 26.2 Å². The molecule has 2 amide bonds. The normalized spacial score (nSPS) is 18.0. The lowest BCUT2D eigenvalue weighted by Gasteiger charge is -2.21. The van der Waals surface area contributed by atoms with Crippen LogP contribution in [0.3, 0.4) is 0 Å². The molecule has 2 aromatic carbocycles. The summed E-state index contributed by atoms with van der Waals surface area (Å²) in [4.78, 5) is 29.1. The lowest BCUT2D eigenvalue weighted by molar-refractivity contribution is -0.122. The van der Waals surface area contributed by atoms with E-state index in [1.165, 1.54) is 5.01 Å². The molecular weight excluding hydrogens is 404 g/mol. The molecule has 1 saturated carbocycles. The first kappa shape index (κ1) is 20.6. The summed E-state index contributed by atoms with van der Waals surface area (Å²) in [5.74, 6) is 6.62. The highest BCUT2D eigenvalue weighted by molar-refractivity contribution is 5.97. The van der Waals surface area contributed by atoms with Crippen LogP contribution < -0.4 is 16.2 Å². The van der Waals surface area contributed by atoms with Crippen LogP contribution in [0.1, 0.15) is 24.8 Å². The van der Waals surface area contributed by atoms with Gasteiger partial charge >= 0.3 is 0 Å². The molecule has 32 heavy (non-hydrogen) atoms. The van der Waals surface area contributed by atoms with Crippen molar-refractivity contribution in [1.82, 2.24) is 4.98 Å². The summed E-state index contributed by atoms with van der Waals surface area (Å²) in [5, 5.41) is 6.10. The van der Waals surface area contributed by atoms with Gasteiger partial charge in [0.05, 0.1) is 18.2 Å². The highest BCUT2D eigenvalue weighted by Crippen LogP contribution is 2.32. The molecule has 1 aliphatic heterocycles. The Bertz CT molecular complexity index is 1200. The van der Waals surface area contributed by atoms with Crippen molar-refractivity contribution in [3.63, 3.8) is 0 Å².